The quantitative estimate of drug-likeness (QED) is 0.835. The molecule has 1 aromatic carbocycles. The summed E-state index contributed by atoms with van der Waals surface area (Å²) in [6.45, 7) is 4.80. The van der Waals surface area contributed by atoms with Crippen LogP contribution in [-0.2, 0) is 24.3 Å². The maximum Gasteiger partial charge on any atom is 0.155 e. The average molecular weight is 353 g/mol. The zero-order chi connectivity index (χ0) is 17.5. The van der Waals surface area contributed by atoms with Crippen molar-refractivity contribution in [1.82, 2.24) is 20.1 Å². The van der Waals surface area contributed by atoms with Gasteiger partial charge in [-0.15, -0.1) is 0 Å². The summed E-state index contributed by atoms with van der Waals surface area (Å²) in [5, 5.41) is 11.1. The number of rotatable bonds is 6. The van der Waals surface area contributed by atoms with Crippen LogP contribution in [0.3, 0.4) is 0 Å². The SMILES string of the molecule is COCc1nc([C@H]2CN(Cc3cccc4c3NCC4)C[C@@H]2C2CC2)n[nH]1. The van der Waals surface area contributed by atoms with Crippen molar-refractivity contribution >= 4 is 5.69 Å². The molecular formula is C20H27N5O. The molecule has 2 fully saturated rings. The van der Waals surface area contributed by atoms with E-state index < -0.39 is 0 Å². The van der Waals surface area contributed by atoms with Crippen molar-refractivity contribution in [3.8, 4) is 0 Å². The third-order valence-electron chi connectivity index (χ3n) is 6.16. The number of hydrogen-bond donors (Lipinski definition) is 2. The summed E-state index contributed by atoms with van der Waals surface area (Å²) in [5.41, 5.74) is 4.28. The molecule has 1 aromatic heterocycles. The van der Waals surface area contributed by atoms with E-state index in [1.807, 2.05) is 0 Å². The van der Waals surface area contributed by atoms with Gasteiger partial charge >= 0.3 is 0 Å². The molecule has 6 heteroatoms. The number of nitrogens with zero attached hydrogens (tertiary/aromatic N) is 3. The van der Waals surface area contributed by atoms with E-state index in [0.29, 0.717) is 18.4 Å². The van der Waals surface area contributed by atoms with Gasteiger partial charge in [0, 0.05) is 44.9 Å². The normalized spacial score (nSPS) is 25.4. The molecule has 0 amide bonds. The third-order valence-corrected chi connectivity index (χ3v) is 6.16. The molecule has 3 heterocycles. The minimum absolute atomic E-state index is 0.439. The van der Waals surface area contributed by atoms with Crippen LogP contribution in [0.5, 0.6) is 0 Å². The van der Waals surface area contributed by atoms with E-state index in [2.05, 4.69) is 38.6 Å². The fourth-order valence-corrected chi connectivity index (χ4v) is 4.78. The first-order chi connectivity index (χ1) is 12.8. The lowest BCUT2D eigenvalue weighted by molar-refractivity contribution is 0.178. The Morgan fingerprint density at radius 3 is 3.04 bits per heavy atom. The van der Waals surface area contributed by atoms with Crippen molar-refractivity contribution in [1.29, 1.82) is 0 Å². The number of methoxy groups -OCH3 is 1. The number of para-hydroxylation sites is 1. The standard InChI is InChI=1S/C20H27N5O/c1-26-12-18-22-20(24-23-18)17-11-25(10-16(17)13-5-6-13)9-15-4-2-3-14-7-8-21-19(14)15/h2-4,13,16-17,21H,5-12H2,1H3,(H,22,23,24)/t16-,17+/m1/s1. The molecule has 2 aliphatic heterocycles. The van der Waals surface area contributed by atoms with Crippen LogP contribution in [0.4, 0.5) is 5.69 Å². The highest BCUT2D eigenvalue weighted by atomic mass is 16.5. The highest BCUT2D eigenvalue weighted by Gasteiger charge is 2.44. The van der Waals surface area contributed by atoms with Crippen molar-refractivity contribution in [3.05, 3.63) is 41.0 Å². The topological polar surface area (TPSA) is 66.1 Å². The van der Waals surface area contributed by atoms with Gasteiger partial charge in [-0.25, -0.2) is 4.98 Å². The van der Waals surface area contributed by atoms with Gasteiger partial charge in [-0.2, -0.15) is 5.10 Å². The molecule has 1 saturated heterocycles. The van der Waals surface area contributed by atoms with Gasteiger partial charge < -0.3 is 10.1 Å². The first kappa shape index (κ1) is 16.3. The van der Waals surface area contributed by atoms with E-state index in [0.717, 1.165) is 50.2 Å². The molecule has 26 heavy (non-hydrogen) atoms. The van der Waals surface area contributed by atoms with Crippen molar-refractivity contribution in [2.45, 2.75) is 38.3 Å². The largest absolute Gasteiger partial charge is 0.384 e. The summed E-state index contributed by atoms with van der Waals surface area (Å²) in [5.74, 6) is 3.79. The Morgan fingerprint density at radius 2 is 2.19 bits per heavy atom. The lowest BCUT2D eigenvalue weighted by Crippen LogP contribution is -2.21. The molecular weight excluding hydrogens is 326 g/mol. The fraction of sp³-hybridized carbons (Fsp3) is 0.600. The van der Waals surface area contributed by atoms with E-state index in [1.54, 1.807) is 7.11 Å². The Hall–Kier alpha value is -1.92. The predicted molar refractivity (Wildman–Crippen MR) is 100.0 cm³/mol. The van der Waals surface area contributed by atoms with E-state index in [4.69, 9.17) is 9.72 Å². The van der Waals surface area contributed by atoms with Gasteiger partial charge in [0.1, 0.15) is 6.61 Å². The number of ether oxygens (including phenoxy) is 1. The van der Waals surface area contributed by atoms with Crippen LogP contribution < -0.4 is 5.32 Å². The highest BCUT2D eigenvalue weighted by Crippen LogP contribution is 2.47. The molecule has 2 atom stereocenters. The number of aromatic nitrogens is 3. The first-order valence-electron chi connectivity index (χ1n) is 9.79. The van der Waals surface area contributed by atoms with Crippen LogP contribution in [0, 0.1) is 11.8 Å². The van der Waals surface area contributed by atoms with Crippen LogP contribution in [0.2, 0.25) is 0 Å². The molecule has 6 nitrogen and oxygen atoms in total. The second-order valence-corrected chi connectivity index (χ2v) is 8.00. The van der Waals surface area contributed by atoms with Crippen molar-refractivity contribution in [2.75, 3.05) is 32.1 Å². The molecule has 138 valence electrons. The van der Waals surface area contributed by atoms with E-state index in [-0.39, 0.29) is 0 Å². The summed E-state index contributed by atoms with van der Waals surface area (Å²) < 4.78 is 5.18. The van der Waals surface area contributed by atoms with Crippen LogP contribution in [0.1, 0.15) is 41.5 Å². The highest BCUT2D eigenvalue weighted by molar-refractivity contribution is 5.61. The fourth-order valence-electron chi connectivity index (χ4n) is 4.78. The lowest BCUT2D eigenvalue weighted by atomic mass is 9.91. The molecule has 2 aromatic rings. The van der Waals surface area contributed by atoms with Crippen LogP contribution in [-0.4, -0.2) is 46.8 Å². The van der Waals surface area contributed by atoms with Gasteiger partial charge in [-0.1, -0.05) is 18.2 Å². The second kappa shape index (κ2) is 6.67. The summed E-state index contributed by atoms with van der Waals surface area (Å²) in [6, 6.07) is 6.74. The molecule has 0 unspecified atom stereocenters. The Bertz CT molecular complexity index is 784. The Morgan fingerprint density at radius 1 is 1.27 bits per heavy atom. The Labute approximate surface area is 154 Å². The van der Waals surface area contributed by atoms with Crippen molar-refractivity contribution in [2.24, 2.45) is 11.8 Å². The van der Waals surface area contributed by atoms with Crippen LogP contribution in [0.25, 0.3) is 0 Å². The van der Waals surface area contributed by atoms with E-state index in [9.17, 15) is 0 Å². The van der Waals surface area contributed by atoms with Crippen molar-refractivity contribution < 1.29 is 4.74 Å². The molecule has 1 saturated carbocycles. The number of likely N-dealkylation sites (tertiary alicyclic amines) is 1. The zero-order valence-electron chi connectivity index (χ0n) is 15.4. The van der Waals surface area contributed by atoms with Gasteiger partial charge in [0.05, 0.1) is 0 Å². The lowest BCUT2D eigenvalue weighted by Gasteiger charge is -2.18. The molecule has 0 spiro atoms. The number of H-pyrrole nitrogens is 1. The van der Waals surface area contributed by atoms with Gasteiger partial charge in [0.2, 0.25) is 0 Å². The number of aromatic amines is 1. The van der Waals surface area contributed by atoms with Gasteiger partial charge in [-0.05, 0) is 42.2 Å². The summed E-state index contributed by atoms with van der Waals surface area (Å²) in [4.78, 5) is 7.32. The monoisotopic (exact) mass is 353 g/mol. The molecule has 5 rings (SSSR count). The zero-order valence-corrected chi connectivity index (χ0v) is 15.4. The van der Waals surface area contributed by atoms with Crippen LogP contribution in [0.15, 0.2) is 18.2 Å². The van der Waals surface area contributed by atoms with E-state index in [1.165, 1.54) is 29.7 Å². The molecule has 0 radical (unpaired) electrons. The third kappa shape index (κ3) is 3.01. The number of benzene rings is 1. The number of nitrogens with one attached hydrogen (secondary N) is 2. The first-order valence-corrected chi connectivity index (χ1v) is 9.79. The Kier molecular flexibility index (Phi) is 4.17. The maximum absolute atomic E-state index is 5.18. The Balaban J connectivity index is 1.34. The van der Waals surface area contributed by atoms with Gasteiger partial charge in [0.15, 0.2) is 11.6 Å². The number of fused-ring (bicyclic) bond motifs is 1. The smallest absolute Gasteiger partial charge is 0.155 e. The minimum Gasteiger partial charge on any atom is -0.384 e. The molecule has 0 bridgehead atoms. The number of hydrogen-bond acceptors (Lipinski definition) is 5. The molecule has 1 aliphatic carbocycles. The predicted octanol–water partition coefficient (Wildman–Crippen LogP) is 2.54. The minimum atomic E-state index is 0.439. The van der Waals surface area contributed by atoms with E-state index >= 15 is 0 Å². The summed E-state index contributed by atoms with van der Waals surface area (Å²) in [6.07, 6.45) is 3.88. The van der Waals surface area contributed by atoms with Crippen LogP contribution >= 0.6 is 0 Å². The molecule has 2 N–H and O–H groups in total. The number of anilines is 1. The van der Waals surface area contributed by atoms with Crippen molar-refractivity contribution in [3.63, 3.8) is 0 Å². The average Bonchev–Trinajstić information content (AvgIpc) is 3.05. The summed E-state index contributed by atoms with van der Waals surface area (Å²) in [7, 11) is 1.69. The van der Waals surface area contributed by atoms with Gasteiger partial charge in [0.25, 0.3) is 0 Å². The summed E-state index contributed by atoms with van der Waals surface area (Å²) >= 11 is 0. The molecule has 3 aliphatic rings. The maximum atomic E-state index is 5.18. The second-order valence-electron chi connectivity index (χ2n) is 8.00. The van der Waals surface area contributed by atoms with Gasteiger partial charge in [-0.3, -0.25) is 10.00 Å².